The molecule has 0 aromatic heterocycles. The van der Waals surface area contributed by atoms with Gasteiger partial charge in [0, 0.05) is 12.1 Å². The first kappa shape index (κ1) is 14.5. The molecular weight excluding hydrogens is 252 g/mol. The zero-order chi connectivity index (χ0) is 14.2. The van der Waals surface area contributed by atoms with Crippen LogP contribution in [-0.4, -0.2) is 25.2 Å². The van der Waals surface area contributed by atoms with Crippen LogP contribution in [0.2, 0.25) is 0 Å². The quantitative estimate of drug-likeness (QED) is 0.838. The van der Waals surface area contributed by atoms with Gasteiger partial charge in [-0.1, -0.05) is 25.3 Å². The number of carbonyl (C=O) groups excluding carboxylic acids is 1. The number of hydrogen-bond acceptors (Lipinski definition) is 3. The minimum Gasteiger partial charge on any atom is -0.376 e. The van der Waals surface area contributed by atoms with E-state index in [1.54, 1.807) is 24.3 Å². The Kier molecular flexibility index (Phi) is 5.57. The molecular formula is C16H20N2O2. The van der Waals surface area contributed by atoms with Gasteiger partial charge in [-0.3, -0.25) is 4.79 Å². The average molecular weight is 272 g/mol. The minimum atomic E-state index is -0.158. The Labute approximate surface area is 119 Å². The summed E-state index contributed by atoms with van der Waals surface area (Å²) in [5, 5.41) is 11.6. The van der Waals surface area contributed by atoms with Crippen molar-refractivity contribution in [1.82, 2.24) is 5.32 Å². The molecule has 1 aromatic rings. The van der Waals surface area contributed by atoms with Gasteiger partial charge >= 0.3 is 0 Å². The molecule has 106 valence electrons. The molecule has 1 aliphatic carbocycles. The van der Waals surface area contributed by atoms with Crippen LogP contribution in [0, 0.1) is 11.3 Å². The van der Waals surface area contributed by atoms with Gasteiger partial charge in [0.1, 0.15) is 0 Å². The van der Waals surface area contributed by atoms with Gasteiger partial charge in [0.25, 0.3) is 5.91 Å². The van der Waals surface area contributed by atoms with Gasteiger partial charge in [-0.05, 0) is 31.0 Å². The van der Waals surface area contributed by atoms with E-state index < -0.39 is 0 Å². The SMILES string of the molecule is N#Cc1cccc(C(=O)NCCOC2CCCCC2)c1. The number of rotatable bonds is 5. The van der Waals surface area contributed by atoms with Crippen LogP contribution < -0.4 is 5.32 Å². The van der Waals surface area contributed by atoms with Crippen molar-refractivity contribution >= 4 is 5.91 Å². The number of hydrogen-bond donors (Lipinski definition) is 1. The molecule has 0 unspecified atom stereocenters. The molecule has 4 nitrogen and oxygen atoms in total. The lowest BCUT2D eigenvalue weighted by Crippen LogP contribution is -2.29. The molecule has 1 aliphatic rings. The molecule has 0 aliphatic heterocycles. The van der Waals surface area contributed by atoms with Crippen LogP contribution in [-0.2, 0) is 4.74 Å². The van der Waals surface area contributed by atoms with Gasteiger partial charge in [-0.15, -0.1) is 0 Å². The lowest BCUT2D eigenvalue weighted by atomic mass is 9.98. The van der Waals surface area contributed by atoms with Crippen molar-refractivity contribution in [2.75, 3.05) is 13.2 Å². The molecule has 0 atom stereocenters. The van der Waals surface area contributed by atoms with Crippen molar-refractivity contribution in [2.45, 2.75) is 38.2 Å². The lowest BCUT2D eigenvalue weighted by molar-refractivity contribution is 0.0299. The summed E-state index contributed by atoms with van der Waals surface area (Å²) in [4.78, 5) is 11.9. The van der Waals surface area contributed by atoms with Gasteiger partial charge < -0.3 is 10.1 Å². The van der Waals surface area contributed by atoms with Crippen LogP contribution in [0.4, 0.5) is 0 Å². The fourth-order valence-electron chi connectivity index (χ4n) is 2.45. The standard InChI is InChI=1S/C16H20N2O2/c17-12-13-5-4-6-14(11-13)16(19)18-9-10-20-15-7-2-1-3-8-15/h4-6,11,15H,1-3,7-10H2,(H,18,19). The maximum atomic E-state index is 11.9. The Hall–Kier alpha value is -1.86. The van der Waals surface area contributed by atoms with Crippen molar-refractivity contribution < 1.29 is 9.53 Å². The molecule has 0 heterocycles. The third kappa shape index (κ3) is 4.36. The molecule has 0 saturated heterocycles. The van der Waals surface area contributed by atoms with E-state index in [1.807, 2.05) is 6.07 Å². The molecule has 0 bridgehead atoms. The largest absolute Gasteiger partial charge is 0.376 e. The van der Waals surface area contributed by atoms with Crippen LogP contribution in [0.25, 0.3) is 0 Å². The molecule has 1 amide bonds. The predicted octanol–water partition coefficient (Wildman–Crippen LogP) is 2.64. The number of ether oxygens (including phenoxy) is 1. The Morgan fingerprint density at radius 1 is 1.35 bits per heavy atom. The van der Waals surface area contributed by atoms with Gasteiger partial charge in [0.15, 0.2) is 0 Å². The molecule has 20 heavy (non-hydrogen) atoms. The first-order valence-corrected chi connectivity index (χ1v) is 7.19. The number of amides is 1. The molecule has 1 aromatic carbocycles. The fourth-order valence-corrected chi connectivity index (χ4v) is 2.45. The smallest absolute Gasteiger partial charge is 0.251 e. The second-order valence-electron chi connectivity index (χ2n) is 5.08. The molecule has 4 heteroatoms. The summed E-state index contributed by atoms with van der Waals surface area (Å²) >= 11 is 0. The maximum absolute atomic E-state index is 11.9. The van der Waals surface area contributed by atoms with Crippen LogP contribution >= 0.6 is 0 Å². The summed E-state index contributed by atoms with van der Waals surface area (Å²) in [7, 11) is 0. The fraction of sp³-hybridized carbons (Fsp3) is 0.500. The number of nitrogens with one attached hydrogen (secondary N) is 1. The summed E-state index contributed by atoms with van der Waals surface area (Å²) in [5.41, 5.74) is 1.01. The number of carbonyl (C=O) groups is 1. The maximum Gasteiger partial charge on any atom is 0.251 e. The molecule has 1 fully saturated rings. The van der Waals surface area contributed by atoms with E-state index in [4.69, 9.17) is 10.00 Å². The topological polar surface area (TPSA) is 62.1 Å². The highest BCUT2D eigenvalue weighted by atomic mass is 16.5. The van der Waals surface area contributed by atoms with Gasteiger partial charge in [0.2, 0.25) is 0 Å². The van der Waals surface area contributed by atoms with E-state index in [0.717, 1.165) is 12.8 Å². The molecule has 0 spiro atoms. The van der Waals surface area contributed by atoms with E-state index in [-0.39, 0.29) is 5.91 Å². The second kappa shape index (κ2) is 7.66. The highest BCUT2D eigenvalue weighted by molar-refractivity contribution is 5.94. The van der Waals surface area contributed by atoms with Crippen molar-refractivity contribution in [3.63, 3.8) is 0 Å². The highest BCUT2D eigenvalue weighted by Gasteiger charge is 2.13. The summed E-state index contributed by atoms with van der Waals surface area (Å²) in [6, 6.07) is 8.73. The lowest BCUT2D eigenvalue weighted by Gasteiger charge is -2.21. The Morgan fingerprint density at radius 2 is 2.15 bits per heavy atom. The average Bonchev–Trinajstić information content (AvgIpc) is 2.52. The molecule has 0 radical (unpaired) electrons. The second-order valence-corrected chi connectivity index (χ2v) is 5.08. The Bertz CT molecular complexity index is 487. The van der Waals surface area contributed by atoms with Crippen LogP contribution in [0.1, 0.15) is 48.0 Å². The minimum absolute atomic E-state index is 0.158. The van der Waals surface area contributed by atoms with E-state index in [0.29, 0.717) is 30.4 Å². The predicted molar refractivity (Wildman–Crippen MR) is 76.3 cm³/mol. The number of nitriles is 1. The number of nitrogens with zero attached hydrogens (tertiary/aromatic N) is 1. The summed E-state index contributed by atoms with van der Waals surface area (Å²) in [6.07, 6.45) is 6.44. The normalized spacial score (nSPS) is 15.6. The molecule has 2 rings (SSSR count). The molecule has 1 N–H and O–H groups in total. The van der Waals surface area contributed by atoms with Crippen molar-refractivity contribution in [3.05, 3.63) is 35.4 Å². The third-order valence-corrected chi connectivity index (χ3v) is 3.55. The summed E-state index contributed by atoms with van der Waals surface area (Å²) in [6.45, 7) is 1.06. The Morgan fingerprint density at radius 3 is 2.90 bits per heavy atom. The monoisotopic (exact) mass is 272 g/mol. The summed E-state index contributed by atoms with van der Waals surface area (Å²) in [5.74, 6) is -0.158. The van der Waals surface area contributed by atoms with Crippen molar-refractivity contribution in [1.29, 1.82) is 5.26 Å². The van der Waals surface area contributed by atoms with E-state index in [9.17, 15) is 4.79 Å². The van der Waals surface area contributed by atoms with E-state index in [2.05, 4.69) is 5.32 Å². The van der Waals surface area contributed by atoms with Crippen LogP contribution in [0.3, 0.4) is 0 Å². The first-order chi connectivity index (χ1) is 9.79. The zero-order valence-electron chi connectivity index (χ0n) is 11.6. The third-order valence-electron chi connectivity index (χ3n) is 3.55. The van der Waals surface area contributed by atoms with Gasteiger partial charge in [0.05, 0.1) is 24.3 Å². The van der Waals surface area contributed by atoms with Gasteiger partial charge in [-0.25, -0.2) is 0 Å². The number of benzene rings is 1. The zero-order valence-corrected chi connectivity index (χ0v) is 11.6. The van der Waals surface area contributed by atoms with E-state index in [1.165, 1.54) is 19.3 Å². The van der Waals surface area contributed by atoms with Crippen LogP contribution in [0.15, 0.2) is 24.3 Å². The highest BCUT2D eigenvalue weighted by Crippen LogP contribution is 2.19. The summed E-state index contributed by atoms with van der Waals surface area (Å²) < 4.78 is 5.75. The van der Waals surface area contributed by atoms with E-state index >= 15 is 0 Å². The first-order valence-electron chi connectivity index (χ1n) is 7.19. The molecule has 1 saturated carbocycles. The van der Waals surface area contributed by atoms with Crippen molar-refractivity contribution in [3.8, 4) is 6.07 Å². The van der Waals surface area contributed by atoms with Crippen molar-refractivity contribution in [2.24, 2.45) is 0 Å². The Balaban J connectivity index is 1.70. The van der Waals surface area contributed by atoms with Gasteiger partial charge in [-0.2, -0.15) is 5.26 Å². The van der Waals surface area contributed by atoms with Crippen LogP contribution in [0.5, 0.6) is 0 Å².